The van der Waals surface area contributed by atoms with Crippen LogP contribution >= 0.6 is 22.7 Å². The van der Waals surface area contributed by atoms with Crippen molar-refractivity contribution in [3.05, 3.63) is 93.9 Å². The molecule has 60 heavy (non-hydrogen) atoms. The Balaban J connectivity index is 1.70. The SMILES string of the molecule is CNC(=O)[C@@H](NC(=O)[C@H](OCc1ccccc1C(=O)Nc1nccs1)[C@H](O)[C@@H](O)[C@@H](OCc1ccccc1C(=O)Nc1nccs1)C(=O)N[C@H](C(=O)NC)C(C)C)C(C)C. The molecule has 0 spiro atoms. The molecule has 4 aromatic rings. The monoisotopic (exact) mass is 866 g/mol. The van der Waals surface area contributed by atoms with Crippen molar-refractivity contribution < 1.29 is 48.5 Å². The van der Waals surface area contributed by atoms with E-state index in [9.17, 15) is 39.0 Å². The lowest BCUT2D eigenvalue weighted by Crippen LogP contribution is -2.60. The van der Waals surface area contributed by atoms with Gasteiger partial charge < -0.3 is 41.0 Å². The van der Waals surface area contributed by atoms with Gasteiger partial charge in [0.1, 0.15) is 24.3 Å². The molecule has 0 aliphatic carbocycles. The van der Waals surface area contributed by atoms with Crippen LogP contribution in [-0.2, 0) is 41.9 Å². The number of ether oxygens (including phenoxy) is 2. The molecular weight excluding hydrogens is 817 g/mol. The molecule has 6 atom stereocenters. The minimum Gasteiger partial charge on any atom is -0.387 e. The zero-order chi connectivity index (χ0) is 43.9. The average Bonchev–Trinajstić information content (AvgIpc) is 3.96. The molecule has 18 nitrogen and oxygen atoms in total. The van der Waals surface area contributed by atoms with Crippen LogP contribution in [0, 0.1) is 11.8 Å². The quantitative estimate of drug-likeness (QED) is 0.0599. The number of amides is 6. The highest BCUT2D eigenvalue weighted by Gasteiger charge is 2.43. The largest absolute Gasteiger partial charge is 0.387 e. The Kier molecular flexibility index (Phi) is 17.8. The number of thiazole rings is 2. The number of aliphatic hydroxyl groups is 2. The van der Waals surface area contributed by atoms with Gasteiger partial charge in [0, 0.05) is 48.4 Å². The van der Waals surface area contributed by atoms with Crippen molar-refractivity contribution in [2.75, 3.05) is 24.7 Å². The zero-order valence-electron chi connectivity index (χ0n) is 33.8. The van der Waals surface area contributed by atoms with E-state index in [0.29, 0.717) is 10.3 Å². The maximum Gasteiger partial charge on any atom is 0.257 e. The van der Waals surface area contributed by atoms with E-state index in [1.807, 2.05) is 0 Å². The predicted octanol–water partition coefficient (Wildman–Crippen LogP) is 2.07. The molecule has 0 unspecified atom stereocenters. The van der Waals surface area contributed by atoms with Gasteiger partial charge in [0.05, 0.1) is 13.2 Å². The fourth-order valence-electron chi connectivity index (χ4n) is 5.86. The lowest BCUT2D eigenvalue weighted by molar-refractivity contribution is -0.171. The number of nitrogens with zero attached hydrogens (tertiary/aromatic N) is 2. The van der Waals surface area contributed by atoms with Gasteiger partial charge in [-0.1, -0.05) is 64.1 Å². The molecule has 322 valence electrons. The standard InChI is InChI=1S/C40H50N8O10S2/c1-21(2)27(35(53)41-5)45-37(55)31(57-19-23-11-7-9-13-25(23)33(51)47-39-43-15-17-59-39)29(49)30(50)32(38(56)46-28(22(3)4)36(54)42-6)58-20-24-12-8-10-14-26(24)34(52)48-40-44-16-18-60-40/h7-18,21-22,27-32,49-50H,19-20H2,1-6H3,(H,41,53)(H,42,54)(H,45,55)(H,46,56)(H,43,47,51)(H,44,48,52)/t27-,28-,29+,30+,31+,32+/m0/s1. The number of carbonyl (C=O) groups excluding carboxylic acids is 6. The van der Waals surface area contributed by atoms with E-state index in [1.165, 1.54) is 61.3 Å². The first-order chi connectivity index (χ1) is 28.7. The van der Waals surface area contributed by atoms with E-state index in [0.717, 1.165) is 0 Å². The summed E-state index contributed by atoms with van der Waals surface area (Å²) in [6.45, 7) is 5.78. The van der Waals surface area contributed by atoms with Crippen molar-refractivity contribution in [1.82, 2.24) is 31.2 Å². The molecule has 0 fully saturated rings. The van der Waals surface area contributed by atoms with Gasteiger partial charge in [-0.05, 0) is 35.1 Å². The van der Waals surface area contributed by atoms with Crippen molar-refractivity contribution in [2.45, 2.75) is 77.4 Å². The van der Waals surface area contributed by atoms with Crippen molar-refractivity contribution in [2.24, 2.45) is 11.8 Å². The van der Waals surface area contributed by atoms with E-state index < -0.39 is 97.0 Å². The molecule has 20 heteroatoms. The minimum atomic E-state index is -2.24. The van der Waals surface area contributed by atoms with E-state index in [2.05, 4.69) is 41.9 Å². The smallest absolute Gasteiger partial charge is 0.257 e. The van der Waals surface area contributed by atoms with Crippen LogP contribution in [0.4, 0.5) is 10.3 Å². The lowest BCUT2D eigenvalue weighted by Gasteiger charge is -2.33. The van der Waals surface area contributed by atoms with E-state index in [4.69, 9.17) is 9.47 Å². The number of likely N-dealkylation sites (N-methyl/N-ethyl adjacent to an activating group) is 2. The van der Waals surface area contributed by atoms with Gasteiger partial charge in [0.2, 0.25) is 11.8 Å². The molecular formula is C40H50N8O10S2. The third-order valence-corrected chi connectivity index (χ3v) is 10.5. The summed E-state index contributed by atoms with van der Waals surface area (Å²) >= 11 is 2.40. The van der Waals surface area contributed by atoms with Gasteiger partial charge in [-0.3, -0.25) is 39.4 Å². The summed E-state index contributed by atoms with van der Waals surface area (Å²) in [7, 11) is 2.77. The first-order valence-electron chi connectivity index (χ1n) is 18.9. The molecule has 8 N–H and O–H groups in total. The fourth-order valence-corrected chi connectivity index (χ4v) is 6.91. The summed E-state index contributed by atoms with van der Waals surface area (Å²) < 4.78 is 12.0. The fraction of sp³-hybridized carbons (Fsp3) is 0.400. The third kappa shape index (κ3) is 12.7. The molecule has 2 aromatic carbocycles. The van der Waals surface area contributed by atoms with Gasteiger partial charge in [0.25, 0.3) is 23.6 Å². The van der Waals surface area contributed by atoms with Crippen LogP contribution in [0.25, 0.3) is 0 Å². The van der Waals surface area contributed by atoms with E-state index in [-0.39, 0.29) is 22.3 Å². The number of rotatable bonds is 21. The summed E-state index contributed by atoms with van der Waals surface area (Å²) in [4.78, 5) is 88.4. The van der Waals surface area contributed by atoms with Crippen LogP contribution in [0.2, 0.25) is 0 Å². The molecule has 0 aliphatic rings. The highest BCUT2D eigenvalue weighted by molar-refractivity contribution is 7.14. The molecule has 2 heterocycles. The summed E-state index contributed by atoms with van der Waals surface area (Å²) in [5, 5.41) is 43.3. The second-order valence-electron chi connectivity index (χ2n) is 14.0. The van der Waals surface area contributed by atoms with Crippen LogP contribution in [0.1, 0.15) is 59.5 Å². The van der Waals surface area contributed by atoms with Crippen LogP contribution in [0.3, 0.4) is 0 Å². The number of anilines is 2. The third-order valence-electron chi connectivity index (χ3n) is 9.14. The maximum absolute atomic E-state index is 14.1. The summed E-state index contributed by atoms with van der Waals surface area (Å²) in [6.07, 6.45) is -5.42. The minimum absolute atomic E-state index is 0.152. The van der Waals surface area contributed by atoms with Crippen molar-refractivity contribution in [3.8, 4) is 0 Å². The first-order valence-corrected chi connectivity index (χ1v) is 20.6. The molecule has 2 aromatic heterocycles. The number of hydrogen-bond donors (Lipinski definition) is 8. The van der Waals surface area contributed by atoms with E-state index >= 15 is 0 Å². The van der Waals surface area contributed by atoms with Crippen molar-refractivity contribution in [1.29, 1.82) is 0 Å². The van der Waals surface area contributed by atoms with E-state index in [1.54, 1.807) is 74.9 Å². The van der Waals surface area contributed by atoms with Gasteiger partial charge in [0.15, 0.2) is 22.5 Å². The molecule has 4 rings (SSSR count). The Hall–Kier alpha value is -5.64. The summed E-state index contributed by atoms with van der Waals surface area (Å²) in [5.74, 6) is -5.14. The second-order valence-corrected chi connectivity index (χ2v) is 15.8. The van der Waals surface area contributed by atoms with Gasteiger partial charge in [-0.15, -0.1) is 22.7 Å². The van der Waals surface area contributed by atoms with Crippen molar-refractivity contribution >= 4 is 68.4 Å². The van der Waals surface area contributed by atoms with Crippen LogP contribution in [0.15, 0.2) is 71.7 Å². The number of nitrogens with one attached hydrogen (secondary N) is 6. The highest BCUT2D eigenvalue weighted by Crippen LogP contribution is 2.22. The zero-order valence-corrected chi connectivity index (χ0v) is 35.5. The molecule has 0 saturated carbocycles. The normalized spacial score (nSPS) is 14.2. The van der Waals surface area contributed by atoms with Crippen LogP contribution in [-0.4, -0.2) is 106 Å². The number of carbonyl (C=O) groups is 6. The lowest BCUT2D eigenvalue weighted by atomic mass is 9.98. The topological polar surface area (TPSA) is 259 Å². The molecule has 6 amide bonds. The maximum atomic E-state index is 14.1. The Morgan fingerprint density at radius 2 is 0.967 bits per heavy atom. The van der Waals surface area contributed by atoms with Gasteiger partial charge in [-0.25, -0.2) is 9.97 Å². The van der Waals surface area contributed by atoms with Gasteiger partial charge in [-0.2, -0.15) is 0 Å². The second kappa shape index (κ2) is 22.7. The molecule has 0 bridgehead atoms. The molecule has 0 aliphatic heterocycles. The summed E-state index contributed by atoms with van der Waals surface area (Å²) in [6, 6.07) is 10.4. The number of hydrogen-bond acceptors (Lipinski definition) is 14. The van der Waals surface area contributed by atoms with Crippen LogP contribution in [0.5, 0.6) is 0 Å². The first kappa shape index (κ1) is 47.0. The number of aromatic nitrogens is 2. The Morgan fingerprint density at radius 3 is 1.28 bits per heavy atom. The Bertz CT molecular complexity index is 1920. The van der Waals surface area contributed by atoms with Crippen molar-refractivity contribution in [3.63, 3.8) is 0 Å². The number of benzene rings is 2. The molecule has 0 radical (unpaired) electrons. The van der Waals surface area contributed by atoms with Gasteiger partial charge >= 0.3 is 0 Å². The Morgan fingerprint density at radius 1 is 0.600 bits per heavy atom. The average molecular weight is 867 g/mol. The summed E-state index contributed by atoms with van der Waals surface area (Å²) in [5.41, 5.74) is 0.862. The Labute approximate surface area is 354 Å². The molecule has 0 saturated heterocycles. The van der Waals surface area contributed by atoms with Crippen LogP contribution < -0.4 is 31.9 Å². The highest BCUT2D eigenvalue weighted by atomic mass is 32.1. The predicted molar refractivity (Wildman–Crippen MR) is 224 cm³/mol. The number of aliphatic hydroxyl groups excluding tert-OH is 2.